The van der Waals surface area contributed by atoms with Gasteiger partial charge in [-0.3, -0.25) is 4.79 Å². The van der Waals surface area contributed by atoms with Crippen molar-refractivity contribution in [3.05, 3.63) is 0 Å². The first-order chi connectivity index (χ1) is 26.3. The molecule has 1 rings (SSSR count). The van der Waals surface area contributed by atoms with E-state index in [-0.39, 0.29) is 12.0 Å². The fourth-order valence-corrected chi connectivity index (χ4v) is 4.60. The number of piperidine rings is 1. The molecule has 0 aromatic rings. The van der Waals surface area contributed by atoms with Crippen LogP contribution in [0.2, 0.25) is 0 Å². The van der Waals surface area contributed by atoms with Crippen LogP contribution in [-0.4, -0.2) is 201 Å². The maximum atomic E-state index is 12.2. The van der Waals surface area contributed by atoms with Crippen LogP contribution in [0.5, 0.6) is 0 Å². The van der Waals surface area contributed by atoms with Gasteiger partial charge in [0.2, 0.25) is 5.91 Å². The number of hydrogen-bond donors (Lipinski definition) is 1. The molecule has 1 saturated heterocycles. The molecule has 1 fully saturated rings. The number of nitrogens with zero attached hydrogens (tertiary/aromatic N) is 1. The largest absolute Gasteiger partial charge is 0.444 e. The van der Waals surface area contributed by atoms with Crippen molar-refractivity contribution in [3.8, 4) is 0 Å². The van der Waals surface area contributed by atoms with Crippen LogP contribution in [0.4, 0.5) is 4.79 Å². The highest BCUT2D eigenvalue weighted by Gasteiger charge is 2.27. The number of ether oxygens (including phenoxy) is 13. The van der Waals surface area contributed by atoms with Crippen molar-refractivity contribution in [1.82, 2.24) is 10.2 Å². The van der Waals surface area contributed by atoms with Crippen LogP contribution in [0.1, 0.15) is 40.0 Å². The van der Waals surface area contributed by atoms with Gasteiger partial charge in [0, 0.05) is 33.2 Å². The third-order valence-electron chi connectivity index (χ3n) is 7.48. The minimum absolute atomic E-state index is 0.0358. The van der Waals surface area contributed by atoms with Crippen molar-refractivity contribution >= 4 is 12.0 Å². The Kier molecular flexibility index (Phi) is 34.3. The van der Waals surface area contributed by atoms with Crippen LogP contribution in [-0.2, 0) is 66.4 Å². The first-order valence-electron chi connectivity index (χ1n) is 19.4. The smallest absolute Gasteiger partial charge is 0.410 e. The molecule has 1 aliphatic heterocycles. The summed E-state index contributed by atoms with van der Waals surface area (Å²) in [5.41, 5.74) is -0.497. The Balaban J connectivity index is 1.69. The molecule has 17 heteroatoms. The van der Waals surface area contributed by atoms with E-state index in [4.69, 9.17) is 61.6 Å². The highest BCUT2D eigenvalue weighted by atomic mass is 16.6. The van der Waals surface area contributed by atoms with Crippen molar-refractivity contribution in [2.24, 2.45) is 5.92 Å². The van der Waals surface area contributed by atoms with E-state index in [9.17, 15) is 9.59 Å². The van der Waals surface area contributed by atoms with Gasteiger partial charge in [-0.15, -0.1) is 0 Å². The Morgan fingerprint density at radius 2 is 0.796 bits per heavy atom. The summed E-state index contributed by atoms with van der Waals surface area (Å²) < 4.78 is 70.4. The predicted octanol–water partition coefficient (Wildman–Crippen LogP) is 1.97. The van der Waals surface area contributed by atoms with Gasteiger partial charge in [-0.25, -0.2) is 4.79 Å². The van der Waals surface area contributed by atoms with Crippen molar-refractivity contribution in [2.75, 3.05) is 179 Å². The SMILES string of the molecule is COCCOCCOCCOCCOCCOCCOCCOCCOCCOCCOCCOCCC(=O)NCC1CCN(C(=O)OC(C)(C)C)CC1. The van der Waals surface area contributed by atoms with E-state index in [0.29, 0.717) is 184 Å². The number of hydrogen-bond acceptors (Lipinski definition) is 15. The fraction of sp³-hybridized carbons (Fsp3) is 0.946. The lowest BCUT2D eigenvalue weighted by molar-refractivity contribution is -0.122. The summed E-state index contributed by atoms with van der Waals surface area (Å²) in [6.07, 6.45) is 1.72. The number of carbonyl (C=O) groups excluding carboxylic acids is 2. The van der Waals surface area contributed by atoms with Crippen LogP contribution in [0.25, 0.3) is 0 Å². The zero-order chi connectivity index (χ0) is 39.2. The van der Waals surface area contributed by atoms with Gasteiger partial charge < -0.3 is 71.8 Å². The summed E-state index contributed by atoms with van der Waals surface area (Å²) in [6, 6.07) is 0. The summed E-state index contributed by atoms with van der Waals surface area (Å²) in [6.45, 7) is 18.8. The fourth-order valence-electron chi connectivity index (χ4n) is 4.60. The average molecular weight is 785 g/mol. The molecule has 1 heterocycles. The topological polar surface area (TPSA) is 169 Å². The van der Waals surface area contributed by atoms with Crippen molar-refractivity contribution in [2.45, 2.75) is 45.6 Å². The Labute approximate surface area is 323 Å². The van der Waals surface area contributed by atoms with Gasteiger partial charge in [0.05, 0.1) is 152 Å². The molecule has 1 aliphatic rings. The predicted molar refractivity (Wildman–Crippen MR) is 199 cm³/mol. The Bertz CT molecular complexity index is 845. The molecule has 17 nitrogen and oxygen atoms in total. The lowest BCUT2D eigenvalue weighted by atomic mass is 9.97. The molecule has 0 aromatic heterocycles. The maximum absolute atomic E-state index is 12.2. The molecule has 0 saturated carbocycles. The number of carbonyl (C=O) groups is 2. The van der Waals surface area contributed by atoms with E-state index in [0.717, 1.165) is 12.8 Å². The van der Waals surface area contributed by atoms with E-state index in [1.165, 1.54) is 0 Å². The maximum Gasteiger partial charge on any atom is 0.410 e. The zero-order valence-electron chi connectivity index (χ0n) is 33.7. The van der Waals surface area contributed by atoms with E-state index in [1.54, 1.807) is 12.0 Å². The summed E-state index contributed by atoms with van der Waals surface area (Å²) in [7, 11) is 1.64. The summed E-state index contributed by atoms with van der Waals surface area (Å²) in [5.74, 6) is 0.321. The Morgan fingerprint density at radius 1 is 0.500 bits per heavy atom. The van der Waals surface area contributed by atoms with Gasteiger partial charge in [0.15, 0.2) is 0 Å². The molecule has 0 unspecified atom stereocenters. The minimum Gasteiger partial charge on any atom is -0.444 e. The number of likely N-dealkylation sites (tertiary alicyclic amines) is 1. The lowest BCUT2D eigenvalue weighted by Gasteiger charge is -2.33. The molecule has 2 amide bonds. The number of methoxy groups -OCH3 is 1. The van der Waals surface area contributed by atoms with Crippen LogP contribution in [0.3, 0.4) is 0 Å². The molecule has 0 aromatic carbocycles. The van der Waals surface area contributed by atoms with E-state index in [2.05, 4.69) is 5.32 Å². The van der Waals surface area contributed by atoms with Crippen LogP contribution in [0.15, 0.2) is 0 Å². The molecule has 0 atom stereocenters. The average Bonchev–Trinajstić information content (AvgIpc) is 3.15. The molecule has 0 bridgehead atoms. The van der Waals surface area contributed by atoms with Gasteiger partial charge in [-0.1, -0.05) is 0 Å². The number of amides is 2. The molecule has 320 valence electrons. The highest BCUT2D eigenvalue weighted by molar-refractivity contribution is 5.75. The molecular weight excluding hydrogens is 712 g/mol. The third kappa shape index (κ3) is 34.7. The summed E-state index contributed by atoms with van der Waals surface area (Å²) >= 11 is 0. The lowest BCUT2D eigenvalue weighted by Crippen LogP contribution is -2.43. The first kappa shape index (κ1) is 50.3. The third-order valence-corrected chi connectivity index (χ3v) is 7.48. The molecule has 0 aliphatic carbocycles. The number of rotatable bonds is 38. The number of nitrogens with one attached hydrogen (secondary N) is 1. The van der Waals surface area contributed by atoms with Gasteiger partial charge in [-0.05, 0) is 39.5 Å². The molecule has 1 N–H and O–H groups in total. The van der Waals surface area contributed by atoms with E-state index < -0.39 is 5.60 Å². The second-order valence-corrected chi connectivity index (χ2v) is 13.2. The first-order valence-corrected chi connectivity index (χ1v) is 19.4. The van der Waals surface area contributed by atoms with Crippen molar-refractivity contribution in [1.29, 1.82) is 0 Å². The molecule has 0 spiro atoms. The molecule has 54 heavy (non-hydrogen) atoms. The van der Waals surface area contributed by atoms with Crippen LogP contribution < -0.4 is 5.32 Å². The van der Waals surface area contributed by atoms with Crippen LogP contribution in [0, 0.1) is 5.92 Å². The Hall–Kier alpha value is -1.74. The molecule has 0 radical (unpaired) electrons. The van der Waals surface area contributed by atoms with Crippen molar-refractivity contribution in [3.63, 3.8) is 0 Å². The standard InChI is InChI=1S/C37H72N2O15/c1-37(2,3)54-36(41)39-8-5-34(6-9-39)33-38-35(40)7-10-43-13-14-45-17-18-47-21-22-49-25-26-51-29-30-53-32-31-52-28-27-50-24-23-48-20-19-46-16-15-44-12-11-42-4/h34H,5-33H2,1-4H3,(H,38,40). The quantitative estimate of drug-likeness (QED) is 0.0902. The summed E-state index contributed by atoms with van der Waals surface area (Å²) in [5, 5.41) is 2.97. The van der Waals surface area contributed by atoms with Gasteiger partial charge in [0.1, 0.15) is 5.60 Å². The van der Waals surface area contributed by atoms with Gasteiger partial charge in [-0.2, -0.15) is 0 Å². The summed E-state index contributed by atoms with van der Waals surface area (Å²) in [4.78, 5) is 26.1. The Morgan fingerprint density at radius 3 is 1.09 bits per heavy atom. The second kappa shape index (κ2) is 36.9. The zero-order valence-corrected chi connectivity index (χ0v) is 33.7. The van der Waals surface area contributed by atoms with E-state index in [1.807, 2.05) is 20.8 Å². The second-order valence-electron chi connectivity index (χ2n) is 13.2. The van der Waals surface area contributed by atoms with Gasteiger partial charge in [0.25, 0.3) is 0 Å². The van der Waals surface area contributed by atoms with E-state index >= 15 is 0 Å². The van der Waals surface area contributed by atoms with Crippen molar-refractivity contribution < 1.29 is 71.2 Å². The minimum atomic E-state index is -0.497. The highest BCUT2D eigenvalue weighted by Crippen LogP contribution is 2.19. The van der Waals surface area contributed by atoms with Gasteiger partial charge >= 0.3 is 6.09 Å². The molecular formula is C37H72N2O15. The normalized spacial score (nSPS) is 13.8. The monoisotopic (exact) mass is 784 g/mol. The van der Waals surface area contributed by atoms with Crippen LogP contribution >= 0.6 is 0 Å².